The molecule has 7 nitrogen and oxygen atoms in total. The third kappa shape index (κ3) is 5.17. The summed E-state index contributed by atoms with van der Waals surface area (Å²) in [4.78, 5) is 18.0. The predicted molar refractivity (Wildman–Crippen MR) is 136 cm³/mol. The Morgan fingerprint density at radius 2 is 1.72 bits per heavy atom. The maximum atomic E-state index is 13.5. The number of carbonyl (C=O) groups is 1. The molecule has 0 aliphatic heterocycles. The van der Waals surface area contributed by atoms with Crippen molar-refractivity contribution in [2.24, 2.45) is 0 Å². The van der Waals surface area contributed by atoms with Gasteiger partial charge >= 0.3 is 11.8 Å². The first-order valence-electron chi connectivity index (χ1n) is 11.0. The predicted octanol–water partition coefficient (Wildman–Crippen LogP) is 6.28. The molecule has 2 aromatic heterocycles. The summed E-state index contributed by atoms with van der Waals surface area (Å²) in [6.45, 7) is 2.27. The maximum Gasteiger partial charge on any atom is 0.316 e. The van der Waals surface area contributed by atoms with Crippen LogP contribution in [0, 0.1) is 5.82 Å². The van der Waals surface area contributed by atoms with Crippen molar-refractivity contribution in [3.63, 3.8) is 0 Å². The van der Waals surface area contributed by atoms with Crippen LogP contribution in [-0.4, -0.2) is 32.4 Å². The van der Waals surface area contributed by atoms with Gasteiger partial charge in [0, 0.05) is 33.8 Å². The van der Waals surface area contributed by atoms with Gasteiger partial charge in [0.2, 0.25) is 5.82 Å². The Bertz CT molecular complexity index is 1500. The third-order valence-electron chi connectivity index (χ3n) is 5.19. The van der Waals surface area contributed by atoms with Gasteiger partial charge in [-0.25, -0.2) is 9.07 Å². The van der Waals surface area contributed by atoms with Crippen LogP contribution in [0.2, 0.25) is 5.02 Å². The fourth-order valence-corrected chi connectivity index (χ4v) is 4.49. The van der Waals surface area contributed by atoms with Crippen molar-refractivity contribution in [2.75, 3.05) is 6.54 Å². The van der Waals surface area contributed by atoms with E-state index in [2.05, 4.69) is 15.5 Å². The fourth-order valence-electron chi connectivity index (χ4n) is 3.43. The lowest BCUT2D eigenvalue weighted by Gasteiger charge is -2.04. The molecule has 0 spiro atoms. The minimum absolute atomic E-state index is 0.0874. The minimum atomic E-state index is -0.414. The van der Waals surface area contributed by atoms with Crippen molar-refractivity contribution < 1.29 is 13.7 Å². The van der Waals surface area contributed by atoms with Crippen molar-refractivity contribution in [1.82, 2.24) is 25.2 Å². The molecule has 5 aromatic rings. The summed E-state index contributed by atoms with van der Waals surface area (Å²) in [5.41, 5.74) is 3.05. The van der Waals surface area contributed by atoms with Crippen LogP contribution in [0.3, 0.4) is 0 Å². The number of benzene rings is 3. The van der Waals surface area contributed by atoms with Crippen LogP contribution < -0.4 is 5.32 Å². The average molecular weight is 520 g/mol. The molecule has 0 atom stereocenters. The second-order valence-electron chi connectivity index (χ2n) is 7.68. The number of nitrogens with one attached hydrogen (secondary N) is 1. The van der Waals surface area contributed by atoms with Gasteiger partial charge in [-0.3, -0.25) is 4.79 Å². The zero-order valence-electron chi connectivity index (χ0n) is 19.0. The van der Waals surface area contributed by atoms with E-state index in [4.69, 9.17) is 21.2 Å². The Morgan fingerprint density at radius 1 is 1.03 bits per heavy atom. The molecule has 36 heavy (non-hydrogen) atoms. The van der Waals surface area contributed by atoms with Crippen molar-refractivity contribution in [1.29, 1.82) is 0 Å². The lowest BCUT2D eigenvalue weighted by molar-refractivity contribution is 0.0912. The van der Waals surface area contributed by atoms with E-state index in [0.29, 0.717) is 23.0 Å². The first kappa shape index (κ1) is 23.8. The summed E-state index contributed by atoms with van der Waals surface area (Å²) in [6.07, 6.45) is 1.91. The first-order valence-corrected chi connectivity index (χ1v) is 12.2. The molecule has 180 valence electrons. The molecule has 0 radical (unpaired) electrons. The van der Waals surface area contributed by atoms with E-state index in [-0.39, 0.29) is 11.7 Å². The zero-order chi connectivity index (χ0) is 25.1. The van der Waals surface area contributed by atoms with Crippen LogP contribution in [-0.2, 0) is 0 Å². The van der Waals surface area contributed by atoms with Crippen LogP contribution in [0.15, 0.2) is 93.3 Å². The topological polar surface area (TPSA) is 85.8 Å². The van der Waals surface area contributed by atoms with Gasteiger partial charge in [-0.15, -0.1) is 0 Å². The Morgan fingerprint density at radius 3 is 2.42 bits per heavy atom. The lowest BCUT2D eigenvalue weighted by atomic mass is 10.1. The van der Waals surface area contributed by atoms with Gasteiger partial charge in [-0.05, 0) is 55.5 Å². The summed E-state index contributed by atoms with van der Waals surface area (Å²) in [5.74, 6) is -0.497. The van der Waals surface area contributed by atoms with Gasteiger partial charge < -0.3 is 9.84 Å². The van der Waals surface area contributed by atoms with Crippen molar-refractivity contribution >= 4 is 29.3 Å². The average Bonchev–Trinajstić information content (AvgIpc) is 3.54. The Labute approximate surface area is 215 Å². The van der Waals surface area contributed by atoms with Gasteiger partial charge in [0.15, 0.2) is 0 Å². The molecular formula is C26H19ClFN5O2S. The standard InChI is InChI=1S/C26H19ClFN5O2S/c1-2-29-25(34)26-30-24(32-35-26)17-5-3-16(4-6-17)23-22(36-21-13-7-18(27)8-14-21)15-33(31-23)20-11-9-19(28)10-12-20/h3-15H,2H2,1H3,(H,29,34). The Kier molecular flexibility index (Phi) is 6.84. The quantitative estimate of drug-likeness (QED) is 0.272. The summed E-state index contributed by atoms with van der Waals surface area (Å²) >= 11 is 7.59. The van der Waals surface area contributed by atoms with Crippen LogP contribution >= 0.6 is 23.4 Å². The molecule has 0 aliphatic rings. The van der Waals surface area contributed by atoms with Gasteiger partial charge in [0.1, 0.15) is 11.5 Å². The second kappa shape index (κ2) is 10.3. The van der Waals surface area contributed by atoms with E-state index in [9.17, 15) is 9.18 Å². The molecule has 1 N–H and O–H groups in total. The van der Waals surface area contributed by atoms with E-state index in [1.807, 2.05) is 61.7 Å². The molecule has 5 rings (SSSR count). The highest BCUT2D eigenvalue weighted by Crippen LogP contribution is 2.37. The molecule has 1 amide bonds. The molecular weight excluding hydrogens is 501 g/mol. The van der Waals surface area contributed by atoms with E-state index in [0.717, 1.165) is 26.7 Å². The number of hydrogen-bond acceptors (Lipinski definition) is 6. The highest BCUT2D eigenvalue weighted by atomic mass is 35.5. The minimum Gasteiger partial charge on any atom is -0.348 e. The summed E-state index contributed by atoms with van der Waals surface area (Å²) in [6, 6.07) is 21.2. The number of nitrogens with zero attached hydrogens (tertiary/aromatic N) is 4. The fraction of sp³-hybridized carbons (Fsp3) is 0.0769. The molecule has 0 saturated heterocycles. The van der Waals surface area contributed by atoms with Gasteiger partial charge in [-0.2, -0.15) is 10.1 Å². The van der Waals surface area contributed by atoms with Gasteiger partial charge in [0.25, 0.3) is 0 Å². The van der Waals surface area contributed by atoms with Crippen LogP contribution in [0.1, 0.15) is 17.6 Å². The second-order valence-corrected chi connectivity index (χ2v) is 9.23. The largest absolute Gasteiger partial charge is 0.348 e. The maximum absolute atomic E-state index is 13.5. The Balaban J connectivity index is 1.48. The number of aromatic nitrogens is 4. The van der Waals surface area contributed by atoms with E-state index >= 15 is 0 Å². The van der Waals surface area contributed by atoms with E-state index in [1.165, 1.54) is 12.1 Å². The molecule has 2 heterocycles. The number of hydrogen-bond donors (Lipinski definition) is 1. The van der Waals surface area contributed by atoms with Crippen LogP contribution in [0.4, 0.5) is 4.39 Å². The first-order chi connectivity index (χ1) is 17.5. The Hall–Kier alpha value is -3.95. The molecule has 3 aromatic carbocycles. The SMILES string of the molecule is CCNC(=O)c1nc(-c2ccc(-c3nn(-c4ccc(F)cc4)cc3Sc3ccc(Cl)cc3)cc2)no1. The van der Waals surface area contributed by atoms with Gasteiger partial charge in [-0.1, -0.05) is 52.8 Å². The zero-order valence-corrected chi connectivity index (χ0v) is 20.6. The molecule has 0 unspecified atom stereocenters. The van der Waals surface area contributed by atoms with Crippen molar-refractivity contribution in [3.05, 3.63) is 95.7 Å². The molecule has 0 saturated carbocycles. The normalized spacial score (nSPS) is 11.0. The number of carbonyl (C=O) groups excluding carboxylic acids is 1. The highest BCUT2D eigenvalue weighted by molar-refractivity contribution is 7.99. The van der Waals surface area contributed by atoms with E-state index in [1.54, 1.807) is 28.6 Å². The lowest BCUT2D eigenvalue weighted by Crippen LogP contribution is -2.22. The third-order valence-corrected chi connectivity index (χ3v) is 6.47. The number of rotatable bonds is 7. The highest BCUT2D eigenvalue weighted by Gasteiger charge is 2.17. The molecule has 0 aliphatic carbocycles. The smallest absolute Gasteiger partial charge is 0.316 e. The summed E-state index contributed by atoms with van der Waals surface area (Å²) in [5, 5.41) is 12.0. The number of halogens is 2. The van der Waals surface area contributed by atoms with Crippen LogP contribution in [0.5, 0.6) is 0 Å². The van der Waals surface area contributed by atoms with E-state index < -0.39 is 5.91 Å². The van der Waals surface area contributed by atoms with Crippen molar-refractivity contribution in [3.8, 4) is 28.3 Å². The monoisotopic (exact) mass is 519 g/mol. The van der Waals surface area contributed by atoms with Crippen LogP contribution in [0.25, 0.3) is 28.3 Å². The molecule has 10 heteroatoms. The van der Waals surface area contributed by atoms with Gasteiger partial charge in [0.05, 0.1) is 10.6 Å². The molecule has 0 bridgehead atoms. The summed E-state index contributed by atoms with van der Waals surface area (Å²) in [7, 11) is 0. The summed E-state index contributed by atoms with van der Waals surface area (Å²) < 4.78 is 20.2. The van der Waals surface area contributed by atoms with Crippen molar-refractivity contribution in [2.45, 2.75) is 16.7 Å². The number of amides is 1. The molecule has 0 fully saturated rings.